The third-order valence-corrected chi connectivity index (χ3v) is 6.30. The van der Waals surface area contributed by atoms with Crippen molar-refractivity contribution in [1.82, 2.24) is 19.6 Å². The van der Waals surface area contributed by atoms with Crippen molar-refractivity contribution < 1.29 is 4.79 Å². The first kappa shape index (κ1) is 15.8. The number of hydrogen-bond acceptors (Lipinski definition) is 4. The summed E-state index contributed by atoms with van der Waals surface area (Å²) in [4.78, 5) is 17.2. The fourth-order valence-electron chi connectivity index (χ4n) is 4.25. The first-order chi connectivity index (χ1) is 11.7. The van der Waals surface area contributed by atoms with Crippen LogP contribution in [0, 0.1) is 0 Å². The smallest absolute Gasteiger partial charge is 0.254 e. The third-order valence-electron chi connectivity index (χ3n) is 5.61. The Hall–Kier alpha value is -1.66. The van der Waals surface area contributed by atoms with Gasteiger partial charge in [-0.15, -0.1) is 0 Å². The molecule has 6 heteroatoms. The Morgan fingerprint density at radius 3 is 2.75 bits per heavy atom. The number of piperidine rings is 1. The molecule has 5 nitrogen and oxygen atoms in total. The second kappa shape index (κ2) is 6.33. The van der Waals surface area contributed by atoms with Crippen LogP contribution in [0.15, 0.2) is 29.1 Å². The molecule has 4 rings (SSSR count). The number of thiophene rings is 1. The number of nitrogens with zero attached hydrogens (tertiary/aromatic N) is 4. The third kappa shape index (κ3) is 2.89. The minimum atomic E-state index is 0.195. The van der Waals surface area contributed by atoms with Crippen molar-refractivity contribution in [3.05, 3.63) is 40.3 Å². The minimum absolute atomic E-state index is 0.195. The second-order valence-electron chi connectivity index (χ2n) is 7.03. The summed E-state index contributed by atoms with van der Waals surface area (Å²) in [5, 5.41) is 8.47. The van der Waals surface area contributed by atoms with E-state index in [2.05, 4.69) is 16.1 Å². The van der Waals surface area contributed by atoms with Gasteiger partial charge < -0.3 is 4.90 Å². The van der Waals surface area contributed by atoms with Gasteiger partial charge in [-0.05, 0) is 49.7 Å². The Balaban J connectivity index is 1.42. The molecule has 0 aliphatic carbocycles. The molecule has 4 heterocycles. The summed E-state index contributed by atoms with van der Waals surface area (Å²) >= 11 is 1.59. The molecule has 0 aromatic carbocycles. The van der Waals surface area contributed by atoms with Crippen molar-refractivity contribution in [3.8, 4) is 0 Å². The van der Waals surface area contributed by atoms with Crippen molar-refractivity contribution in [3.63, 3.8) is 0 Å². The van der Waals surface area contributed by atoms with E-state index in [9.17, 15) is 4.79 Å². The first-order valence-electron chi connectivity index (χ1n) is 8.71. The van der Waals surface area contributed by atoms with Gasteiger partial charge in [-0.3, -0.25) is 14.4 Å². The Morgan fingerprint density at radius 1 is 1.25 bits per heavy atom. The predicted molar refractivity (Wildman–Crippen MR) is 95.0 cm³/mol. The summed E-state index contributed by atoms with van der Waals surface area (Å²) < 4.78 is 1.88. The SMILES string of the molecule is Cn1ccc(CN2CCCC23CCN(C(=O)c2ccsc2)CC3)n1. The molecule has 0 atom stereocenters. The van der Waals surface area contributed by atoms with Crippen molar-refractivity contribution in [2.75, 3.05) is 19.6 Å². The standard InChI is InChI=1S/C18H24N4OS/c1-20-9-3-16(19-20)13-22-8-2-5-18(22)6-10-21(11-7-18)17(23)15-4-12-24-14-15/h3-4,9,12,14H,2,5-8,10-11,13H2,1H3. The molecule has 2 aromatic heterocycles. The van der Waals surface area contributed by atoms with Gasteiger partial charge in [0, 0.05) is 43.8 Å². The van der Waals surface area contributed by atoms with E-state index < -0.39 is 0 Å². The average molecular weight is 344 g/mol. The molecule has 0 unspecified atom stereocenters. The van der Waals surface area contributed by atoms with E-state index in [1.54, 1.807) is 11.3 Å². The van der Waals surface area contributed by atoms with Crippen LogP contribution < -0.4 is 0 Å². The number of rotatable bonds is 3. The Kier molecular flexibility index (Phi) is 4.18. The van der Waals surface area contributed by atoms with Gasteiger partial charge in [0.1, 0.15) is 0 Å². The van der Waals surface area contributed by atoms with Gasteiger partial charge in [0.15, 0.2) is 0 Å². The summed E-state index contributed by atoms with van der Waals surface area (Å²) in [6, 6.07) is 4.04. The summed E-state index contributed by atoms with van der Waals surface area (Å²) in [7, 11) is 1.97. The largest absolute Gasteiger partial charge is 0.338 e. The number of amides is 1. The monoisotopic (exact) mass is 344 g/mol. The lowest BCUT2D eigenvalue weighted by Gasteiger charge is -2.45. The van der Waals surface area contributed by atoms with Crippen molar-refractivity contribution in [2.45, 2.75) is 37.8 Å². The van der Waals surface area contributed by atoms with Crippen LogP contribution in [0.1, 0.15) is 41.7 Å². The van der Waals surface area contributed by atoms with E-state index in [4.69, 9.17) is 0 Å². The molecule has 1 spiro atoms. The van der Waals surface area contributed by atoms with Crippen molar-refractivity contribution in [2.24, 2.45) is 7.05 Å². The van der Waals surface area contributed by atoms with Crippen LogP contribution in [0.4, 0.5) is 0 Å². The molecule has 2 fully saturated rings. The maximum Gasteiger partial charge on any atom is 0.254 e. The molecule has 0 N–H and O–H groups in total. The molecule has 0 radical (unpaired) electrons. The highest BCUT2D eigenvalue weighted by Gasteiger charge is 2.43. The molecule has 1 amide bonds. The molecule has 2 saturated heterocycles. The summed E-state index contributed by atoms with van der Waals surface area (Å²) in [5.41, 5.74) is 2.26. The highest BCUT2D eigenvalue weighted by atomic mass is 32.1. The number of aromatic nitrogens is 2. The predicted octanol–water partition coefficient (Wildman–Crippen LogP) is 2.75. The number of carbonyl (C=O) groups is 1. The van der Waals surface area contributed by atoms with E-state index in [-0.39, 0.29) is 11.4 Å². The number of aryl methyl sites for hydroxylation is 1. The van der Waals surface area contributed by atoms with E-state index in [1.807, 2.05) is 39.7 Å². The molecular weight excluding hydrogens is 320 g/mol. The molecule has 2 aliphatic heterocycles. The van der Waals surface area contributed by atoms with Crippen LogP contribution in [0.25, 0.3) is 0 Å². The van der Waals surface area contributed by atoms with Crippen molar-refractivity contribution in [1.29, 1.82) is 0 Å². The Morgan fingerprint density at radius 2 is 2.08 bits per heavy atom. The van der Waals surface area contributed by atoms with Crippen LogP contribution in [0.2, 0.25) is 0 Å². The zero-order chi connectivity index (χ0) is 16.6. The average Bonchev–Trinajstić information content (AvgIpc) is 3.32. The highest BCUT2D eigenvalue weighted by Crippen LogP contribution is 2.39. The first-order valence-corrected chi connectivity index (χ1v) is 9.66. The van der Waals surface area contributed by atoms with Gasteiger partial charge in [0.2, 0.25) is 0 Å². The van der Waals surface area contributed by atoms with Gasteiger partial charge in [0.05, 0.1) is 11.3 Å². The normalized spacial score (nSPS) is 20.8. The topological polar surface area (TPSA) is 41.4 Å². The molecule has 0 bridgehead atoms. The van der Waals surface area contributed by atoms with Crippen LogP contribution in [0.5, 0.6) is 0 Å². The Labute approximate surface area is 146 Å². The second-order valence-corrected chi connectivity index (χ2v) is 7.81. The molecule has 0 saturated carbocycles. The quantitative estimate of drug-likeness (QED) is 0.860. The van der Waals surface area contributed by atoms with Gasteiger partial charge in [-0.25, -0.2) is 0 Å². The van der Waals surface area contributed by atoms with E-state index in [0.29, 0.717) is 0 Å². The summed E-state index contributed by atoms with van der Waals surface area (Å²) in [5.74, 6) is 0.195. The molecular formula is C18H24N4OS. The maximum atomic E-state index is 12.5. The van der Waals surface area contributed by atoms with Gasteiger partial charge in [-0.1, -0.05) is 0 Å². The number of likely N-dealkylation sites (tertiary alicyclic amines) is 2. The van der Waals surface area contributed by atoms with E-state index in [1.165, 1.54) is 12.8 Å². The van der Waals surface area contributed by atoms with Gasteiger partial charge >= 0.3 is 0 Å². The Bertz CT molecular complexity index is 700. The fraction of sp³-hybridized carbons (Fsp3) is 0.556. The number of carbonyl (C=O) groups excluding carboxylic acids is 1. The van der Waals surface area contributed by atoms with Crippen LogP contribution >= 0.6 is 11.3 Å². The van der Waals surface area contributed by atoms with Gasteiger partial charge in [0.25, 0.3) is 5.91 Å². The summed E-state index contributed by atoms with van der Waals surface area (Å²) in [6.45, 7) is 3.81. The maximum absolute atomic E-state index is 12.5. The minimum Gasteiger partial charge on any atom is -0.338 e. The highest BCUT2D eigenvalue weighted by molar-refractivity contribution is 7.08. The molecule has 24 heavy (non-hydrogen) atoms. The lowest BCUT2D eigenvalue weighted by Crippen LogP contribution is -2.52. The van der Waals surface area contributed by atoms with Crippen LogP contribution in [0.3, 0.4) is 0 Å². The number of hydrogen-bond donors (Lipinski definition) is 0. The molecule has 2 aliphatic rings. The lowest BCUT2D eigenvalue weighted by atomic mass is 9.84. The van der Waals surface area contributed by atoms with Crippen molar-refractivity contribution >= 4 is 17.2 Å². The van der Waals surface area contributed by atoms with Gasteiger partial charge in [-0.2, -0.15) is 16.4 Å². The van der Waals surface area contributed by atoms with E-state index >= 15 is 0 Å². The zero-order valence-electron chi connectivity index (χ0n) is 14.1. The summed E-state index contributed by atoms with van der Waals surface area (Å²) in [6.07, 6.45) is 6.68. The van der Waals surface area contributed by atoms with Crippen LogP contribution in [-0.4, -0.2) is 50.7 Å². The fourth-order valence-corrected chi connectivity index (χ4v) is 4.87. The van der Waals surface area contributed by atoms with Crippen LogP contribution in [-0.2, 0) is 13.6 Å². The lowest BCUT2D eigenvalue weighted by molar-refractivity contribution is 0.0379. The van der Waals surface area contributed by atoms with E-state index in [0.717, 1.165) is 50.3 Å². The molecule has 2 aromatic rings. The molecule has 128 valence electrons. The zero-order valence-corrected chi connectivity index (χ0v) is 15.0.